The predicted octanol–water partition coefficient (Wildman–Crippen LogP) is 6.75. The minimum atomic E-state index is -0.436. The molecular weight excluding hydrogens is 518 g/mol. The van der Waals surface area contributed by atoms with Gasteiger partial charge in [-0.15, -0.1) is 11.3 Å². The van der Waals surface area contributed by atoms with Crippen LogP contribution >= 0.6 is 11.3 Å². The molecule has 220 valence electrons. The van der Waals surface area contributed by atoms with Gasteiger partial charge in [0.2, 0.25) is 5.91 Å². The van der Waals surface area contributed by atoms with Gasteiger partial charge in [0.05, 0.1) is 21.1 Å². The highest BCUT2D eigenvalue weighted by molar-refractivity contribution is 7.18. The van der Waals surface area contributed by atoms with Gasteiger partial charge in [-0.3, -0.25) is 14.4 Å². The van der Waals surface area contributed by atoms with E-state index in [-0.39, 0.29) is 24.2 Å². The number of nitrogens with zero attached hydrogens (tertiary/aromatic N) is 1. The summed E-state index contributed by atoms with van der Waals surface area (Å²) in [7, 11) is 0. The Morgan fingerprint density at radius 2 is 1.80 bits per heavy atom. The second kappa shape index (κ2) is 15.2. The van der Waals surface area contributed by atoms with E-state index >= 15 is 0 Å². The standard InChI is InChI=1S/C33H49N3O3S/c1-4-27(37)19-26(21-32-35-30-12-10-25(22(2)3)20-31(30)40-32)33(39)36-29(24-8-6-5-7-9-24)13-11-28(38)18-23-14-16-34-17-15-23/h10,12,20,22-24,26,29,34H,4-9,11,13-19,21H2,1-3H3,(H,36,39)/t26-,29+/m0/s1. The molecule has 1 saturated heterocycles. The molecule has 2 heterocycles. The molecule has 1 aliphatic carbocycles. The number of benzene rings is 1. The van der Waals surface area contributed by atoms with Crippen LogP contribution in [0.25, 0.3) is 10.2 Å². The van der Waals surface area contributed by atoms with Crippen LogP contribution in [0.5, 0.6) is 0 Å². The largest absolute Gasteiger partial charge is 0.353 e. The highest BCUT2D eigenvalue weighted by Gasteiger charge is 2.30. The van der Waals surface area contributed by atoms with E-state index in [0.717, 1.165) is 54.0 Å². The number of ketones is 2. The van der Waals surface area contributed by atoms with E-state index in [1.54, 1.807) is 11.3 Å². The summed E-state index contributed by atoms with van der Waals surface area (Å²) in [6.45, 7) is 8.24. The van der Waals surface area contributed by atoms with E-state index in [0.29, 0.717) is 55.6 Å². The fourth-order valence-electron chi connectivity index (χ4n) is 6.41. The van der Waals surface area contributed by atoms with Crippen LogP contribution in [-0.2, 0) is 20.8 Å². The molecule has 2 aromatic rings. The van der Waals surface area contributed by atoms with Gasteiger partial charge in [-0.25, -0.2) is 4.98 Å². The summed E-state index contributed by atoms with van der Waals surface area (Å²) in [6, 6.07) is 6.39. The summed E-state index contributed by atoms with van der Waals surface area (Å²) < 4.78 is 1.13. The lowest BCUT2D eigenvalue weighted by Gasteiger charge is -2.32. The Hall–Kier alpha value is -2.12. The number of carbonyl (C=O) groups is 3. The molecule has 0 radical (unpaired) electrons. The number of amides is 1. The van der Waals surface area contributed by atoms with Gasteiger partial charge in [-0.05, 0) is 80.6 Å². The van der Waals surface area contributed by atoms with Crippen LogP contribution in [0.3, 0.4) is 0 Å². The third-order valence-electron chi connectivity index (χ3n) is 9.04. The second-order valence-electron chi connectivity index (χ2n) is 12.5. The Bertz CT molecular complexity index is 1130. The Kier molecular flexibility index (Phi) is 11.7. The van der Waals surface area contributed by atoms with E-state index in [1.807, 2.05) is 6.92 Å². The van der Waals surface area contributed by atoms with Crippen LogP contribution in [0.15, 0.2) is 18.2 Å². The monoisotopic (exact) mass is 567 g/mol. The first-order chi connectivity index (χ1) is 19.3. The molecule has 2 atom stereocenters. The molecule has 1 aromatic heterocycles. The van der Waals surface area contributed by atoms with Crippen molar-refractivity contribution >= 4 is 39.0 Å². The molecule has 6 nitrogen and oxygen atoms in total. The van der Waals surface area contributed by atoms with Gasteiger partial charge in [0.15, 0.2) is 0 Å². The van der Waals surface area contributed by atoms with Crippen molar-refractivity contribution in [3.05, 3.63) is 28.8 Å². The van der Waals surface area contributed by atoms with Gasteiger partial charge < -0.3 is 10.6 Å². The third-order valence-corrected chi connectivity index (χ3v) is 10.1. The molecule has 7 heteroatoms. The number of rotatable bonds is 14. The van der Waals surface area contributed by atoms with Crippen molar-refractivity contribution in [1.29, 1.82) is 0 Å². The van der Waals surface area contributed by atoms with Crippen LogP contribution in [0.2, 0.25) is 0 Å². The highest BCUT2D eigenvalue weighted by Crippen LogP contribution is 2.31. The minimum Gasteiger partial charge on any atom is -0.353 e. The molecule has 2 N–H and O–H groups in total. The zero-order chi connectivity index (χ0) is 28.5. The Morgan fingerprint density at radius 3 is 2.50 bits per heavy atom. The maximum absolute atomic E-state index is 13.8. The quantitative estimate of drug-likeness (QED) is 0.264. The zero-order valence-corrected chi connectivity index (χ0v) is 25.6. The molecule has 1 aliphatic heterocycles. The molecular formula is C33H49N3O3S. The number of Topliss-reactive ketones (excluding diaryl/α,β-unsaturated/α-hetero) is 2. The number of piperidine rings is 1. The van der Waals surface area contributed by atoms with Crippen molar-refractivity contribution < 1.29 is 14.4 Å². The van der Waals surface area contributed by atoms with Gasteiger partial charge >= 0.3 is 0 Å². The van der Waals surface area contributed by atoms with Crippen LogP contribution < -0.4 is 10.6 Å². The lowest BCUT2D eigenvalue weighted by molar-refractivity contribution is -0.130. The van der Waals surface area contributed by atoms with E-state index in [4.69, 9.17) is 4.98 Å². The number of fused-ring (bicyclic) bond motifs is 1. The summed E-state index contributed by atoms with van der Waals surface area (Å²) in [5, 5.41) is 7.66. The van der Waals surface area contributed by atoms with Crippen molar-refractivity contribution in [3.8, 4) is 0 Å². The number of nitrogens with one attached hydrogen (secondary N) is 2. The topological polar surface area (TPSA) is 88.2 Å². The van der Waals surface area contributed by atoms with Gasteiger partial charge in [-0.2, -0.15) is 0 Å². The van der Waals surface area contributed by atoms with Crippen molar-refractivity contribution in [2.75, 3.05) is 13.1 Å². The summed E-state index contributed by atoms with van der Waals surface area (Å²) in [5.74, 6) is 1.29. The van der Waals surface area contributed by atoms with Gasteiger partial charge in [0, 0.05) is 38.1 Å². The van der Waals surface area contributed by atoms with Crippen LogP contribution in [-0.4, -0.2) is 41.6 Å². The molecule has 0 unspecified atom stereocenters. The molecule has 1 amide bonds. The Balaban J connectivity index is 1.44. The van der Waals surface area contributed by atoms with E-state index in [1.165, 1.54) is 24.8 Å². The Labute approximate surface area is 244 Å². The lowest BCUT2D eigenvalue weighted by Crippen LogP contribution is -2.45. The third kappa shape index (κ3) is 8.94. The first kappa shape index (κ1) is 30.8. The fourth-order valence-corrected chi connectivity index (χ4v) is 7.51. The highest BCUT2D eigenvalue weighted by atomic mass is 32.1. The molecule has 2 fully saturated rings. The van der Waals surface area contributed by atoms with Gasteiger partial charge in [0.25, 0.3) is 0 Å². The Morgan fingerprint density at radius 1 is 1.05 bits per heavy atom. The number of carbonyl (C=O) groups excluding carboxylic acids is 3. The van der Waals surface area contributed by atoms with Crippen LogP contribution in [0, 0.1) is 17.8 Å². The SMILES string of the molecule is CCC(=O)C[C@@H](Cc1nc2ccc(C(C)C)cc2s1)C(=O)N[C@H](CCC(=O)CC1CCNCC1)C1CCCCC1. The van der Waals surface area contributed by atoms with Crippen molar-refractivity contribution in [3.63, 3.8) is 0 Å². The lowest BCUT2D eigenvalue weighted by atomic mass is 9.81. The molecule has 1 saturated carbocycles. The van der Waals surface area contributed by atoms with E-state index in [2.05, 4.69) is 42.7 Å². The molecule has 2 aliphatic rings. The molecule has 40 heavy (non-hydrogen) atoms. The normalized spacial score (nSPS) is 18.6. The maximum atomic E-state index is 13.8. The molecule has 0 bridgehead atoms. The summed E-state index contributed by atoms with van der Waals surface area (Å²) in [6.07, 6.45) is 11.0. The van der Waals surface area contributed by atoms with Crippen molar-refractivity contribution in [2.45, 2.75) is 116 Å². The number of hydrogen-bond acceptors (Lipinski definition) is 6. The van der Waals surface area contributed by atoms with Crippen LogP contribution in [0.4, 0.5) is 0 Å². The number of thiazole rings is 1. The summed E-state index contributed by atoms with van der Waals surface area (Å²) in [5.41, 5.74) is 2.24. The second-order valence-corrected chi connectivity index (χ2v) is 13.6. The first-order valence-corrected chi connectivity index (χ1v) is 16.6. The van der Waals surface area contributed by atoms with E-state index in [9.17, 15) is 14.4 Å². The summed E-state index contributed by atoms with van der Waals surface area (Å²) in [4.78, 5) is 44.1. The smallest absolute Gasteiger partial charge is 0.224 e. The first-order valence-electron chi connectivity index (χ1n) is 15.8. The average molecular weight is 568 g/mol. The number of hydrogen-bond donors (Lipinski definition) is 2. The average Bonchev–Trinajstić information content (AvgIpc) is 3.37. The van der Waals surface area contributed by atoms with Gasteiger partial charge in [0.1, 0.15) is 11.6 Å². The predicted molar refractivity (Wildman–Crippen MR) is 164 cm³/mol. The van der Waals surface area contributed by atoms with Crippen molar-refractivity contribution in [2.24, 2.45) is 17.8 Å². The molecule has 1 aromatic carbocycles. The maximum Gasteiger partial charge on any atom is 0.224 e. The molecule has 0 spiro atoms. The fraction of sp³-hybridized carbons (Fsp3) is 0.697. The van der Waals surface area contributed by atoms with Crippen LogP contribution in [0.1, 0.15) is 114 Å². The van der Waals surface area contributed by atoms with Gasteiger partial charge in [-0.1, -0.05) is 46.1 Å². The molecule has 4 rings (SSSR count). The minimum absolute atomic E-state index is 0.00651. The zero-order valence-electron chi connectivity index (χ0n) is 24.8. The summed E-state index contributed by atoms with van der Waals surface area (Å²) >= 11 is 1.64. The number of aromatic nitrogens is 1. The van der Waals surface area contributed by atoms with Crippen molar-refractivity contribution in [1.82, 2.24) is 15.6 Å². The van der Waals surface area contributed by atoms with E-state index < -0.39 is 5.92 Å².